The quantitative estimate of drug-likeness (QED) is 0.773. The van der Waals surface area contributed by atoms with Gasteiger partial charge in [0.1, 0.15) is 5.82 Å². The van der Waals surface area contributed by atoms with Crippen LogP contribution in [0.15, 0.2) is 49.0 Å². The summed E-state index contributed by atoms with van der Waals surface area (Å²) < 4.78 is 14.4. The number of allylic oxidation sites excluding steroid dienone is 1. The summed E-state index contributed by atoms with van der Waals surface area (Å²) in [5.74, 6) is -0.867. The number of carbonyl (C=O) groups is 1. The fraction of sp³-hybridized carbons (Fsp3) is 0.158. The summed E-state index contributed by atoms with van der Waals surface area (Å²) in [6, 6.07) is 12.2. The Morgan fingerprint density at radius 1 is 1.17 bits per heavy atom. The van der Waals surface area contributed by atoms with E-state index in [2.05, 4.69) is 6.58 Å². The number of hydrogen-bond donors (Lipinski definition) is 2. The fourth-order valence-electron chi connectivity index (χ4n) is 2.28. The summed E-state index contributed by atoms with van der Waals surface area (Å²) in [6.07, 6.45) is 0.294. The van der Waals surface area contributed by atoms with Crippen molar-refractivity contribution in [1.82, 2.24) is 0 Å². The number of benzene rings is 2. The molecule has 0 saturated heterocycles. The number of nitrogens with two attached hydrogens (primary N) is 1. The highest BCUT2D eigenvalue weighted by atomic mass is 19.1. The minimum atomic E-state index is -0.469. The van der Waals surface area contributed by atoms with Gasteiger partial charge in [0, 0.05) is 17.7 Å². The van der Waals surface area contributed by atoms with Crippen molar-refractivity contribution in [1.29, 1.82) is 5.41 Å². The molecule has 2 rings (SSSR count). The van der Waals surface area contributed by atoms with Crippen molar-refractivity contribution in [3.63, 3.8) is 0 Å². The molecule has 0 spiro atoms. The first-order chi connectivity index (χ1) is 10.9. The molecular formula is C19H19FN2O. The van der Waals surface area contributed by atoms with E-state index in [1.54, 1.807) is 12.1 Å². The van der Waals surface area contributed by atoms with Gasteiger partial charge in [-0.15, -0.1) is 0 Å². The van der Waals surface area contributed by atoms with Crippen molar-refractivity contribution in [2.24, 2.45) is 5.73 Å². The maximum absolute atomic E-state index is 14.4. The molecule has 0 aliphatic carbocycles. The molecule has 118 valence electrons. The van der Waals surface area contributed by atoms with Crippen LogP contribution in [0, 0.1) is 11.2 Å². The SMILES string of the molecule is C=C(C)c1cccc(-c2ccc(C(=N)CCC(N)=O)cc2F)c1. The highest BCUT2D eigenvalue weighted by Crippen LogP contribution is 2.26. The lowest BCUT2D eigenvalue weighted by Crippen LogP contribution is -2.12. The van der Waals surface area contributed by atoms with Gasteiger partial charge < -0.3 is 11.1 Å². The Bertz CT molecular complexity index is 781. The highest BCUT2D eigenvalue weighted by molar-refractivity contribution is 6.00. The first kappa shape index (κ1) is 16.6. The molecule has 0 aliphatic heterocycles. The predicted molar refractivity (Wildman–Crippen MR) is 91.8 cm³/mol. The summed E-state index contributed by atoms with van der Waals surface area (Å²) in [7, 11) is 0. The summed E-state index contributed by atoms with van der Waals surface area (Å²) in [6.45, 7) is 5.80. The Labute approximate surface area is 135 Å². The van der Waals surface area contributed by atoms with E-state index in [0.29, 0.717) is 11.1 Å². The van der Waals surface area contributed by atoms with Gasteiger partial charge in [-0.25, -0.2) is 4.39 Å². The van der Waals surface area contributed by atoms with Gasteiger partial charge in [0.2, 0.25) is 5.91 Å². The van der Waals surface area contributed by atoms with Crippen LogP contribution in [0.3, 0.4) is 0 Å². The van der Waals surface area contributed by atoms with E-state index in [4.69, 9.17) is 11.1 Å². The summed E-state index contributed by atoms with van der Waals surface area (Å²) in [5, 5.41) is 7.90. The minimum Gasteiger partial charge on any atom is -0.370 e. The number of amides is 1. The first-order valence-corrected chi connectivity index (χ1v) is 7.30. The molecule has 0 aliphatic rings. The molecule has 4 heteroatoms. The van der Waals surface area contributed by atoms with Crippen molar-refractivity contribution in [2.45, 2.75) is 19.8 Å². The summed E-state index contributed by atoms with van der Waals surface area (Å²) in [4.78, 5) is 10.8. The molecule has 0 unspecified atom stereocenters. The van der Waals surface area contributed by atoms with Gasteiger partial charge in [-0.2, -0.15) is 0 Å². The van der Waals surface area contributed by atoms with Gasteiger partial charge in [-0.1, -0.05) is 42.5 Å². The maximum atomic E-state index is 14.4. The van der Waals surface area contributed by atoms with Crippen LogP contribution in [0.2, 0.25) is 0 Å². The van der Waals surface area contributed by atoms with E-state index in [-0.39, 0.29) is 18.6 Å². The second-order valence-corrected chi connectivity index (χ2v) is 5.50. The van der Waals surface area contributed by atoms with Crippen LogP contribution in [-0.2, 0) is 4.79 Å². The Balaban J connectivity index is 2.29. The smallest absolute Gasteiger partial charge is 0.217 e. The molecule has 23 heavy (non-hydrogen) atoms. The van der Waals surface area contributed by atoms with Crippen LogP contribution in [0.4, 0.5) is 4.39 Å². The zero-order chi connectivity index (χ0) is 17.0. The molecule has 0 radical (unpaired) electrons. The zero-order valence-electron chi connectivity index (χ0n) is 13.0. The van der Waals surface area contributed by atoms with Crippen LogP contribution in [-0.4, -0.2) is 11.6 Å². The topological polar surface area (TPSA) is 66.9 Å². The number of rotatable bonds is 6. The summed E-state index contributed by atoms with van der Waals surface area (Å²) >= 11 is 0. The minimum absolute atomic E-state index is 0.0862. The van der Waals surface area contributed by atoms with Gasteiger partial charge in [0.05, 0.1) is 0 Å². The molecular weight excluding hydrogens is 291 g/mol. The van der Waals surface area contributed by atoms with Gasteiger partial charge in [-0.05, 0) is 42.2 Å². The van der Waals surface area contributed by atoms with Crippen molar-refractivity contribution < 1.29 is 9.18 Å². The third kappa shape index (κ3) is 4.13. The van der Waals surface area contributed by atoms with E-state index in [1.807, 2.05) is 31.2 Å². The molecule has 0 aromatic heterocycles. The van der Waals surface area contributed by atoms with Crippen LogP contribution < -0.4 is 5.73 Å². The zero-order valence-corrected chi connectivity index (χ0v) is 13.0. The van der Waals surface area contributed by atoms with Crippen LogP contribution in [0.25, 0.3) is 16.7 Å². The van der Waals surface area contributed by atoms with Crippen LogP contribution in [0.5, 0.6) is 0 Å². The standard InChI is InChI=1S/C19H19FN2O/c1-12(2)13-4-3-5-14(10-13)16-7-6-15(11-17(16)20)18(21)8-9-19(22)23/h3-7,10-11,21H,1,8-9H2,2H3,(H2,22,23). The van der Waals surface area contributed by atoms with E-state index in [1.165, 1.54) is 6.07 Å². The molecule has 0 atom stereocenters. The Hall–Kier alpha value is -2.75. The molecule has 1 amide bonds. The monoisotopic (exact) mass is 310 g/mol. The van der Waals surface area contributed by atoms with E-state index < -0.39 is 11.7 Å². The molecule has 0 saturated carbocycles. The lowest BCUT2D eigenvalue weighted by molar-refractivity contribution is -0.117. The van der Waals surface area contributed by atoms with Crippen molar-refractivity contribution in [3.05, 3.63) is 66.0 Å². The lowest BCUT2D eigenvalue weighted by Gasteiger charge is -2.09. The number of hydrogen-bond acceptors (Lipinski definition) is 2. The van der Waals surface area contributed by atoms with Gasteiger partial charge in [0.15, 0.2) is 0 Å². The van der Waals surface area contributed by atoms with Crippen LogP contribution >= 0.6 is 0 Å². The van der Waals surface area contributed by atoms with E-state index in [9.17, 15) is 9.18 Å². The first-order valence-electron chi connectivity index (χ1n) is 7.30. The number of halogens is 1. The molecule has 2 aromatic carbocycles. The predicted octanol–water partition coefficient (Wildman–Crippen LogP) is 4.16. The Kier molecular flexibility index (Phi) is 5.06. The van der Waals surface area contributed by atoms with Gasteiger partial charge in [-0.3, -0.25) is 4.79 Å². The normalized spacial score (nSPS) is 10.3. The largest absolute Gasteiger partial charge is 0.370 e. The second-order valence-electron chi connectivity index (χ2n) is 5.50. The molecule has 0 fully saturated rings. The third-order valence-corrected chi connectivity index (χ3v) is 3.61. The third-order valence-electron chi connectivity index (χ3n) is 3.61. The second kappa shape index (κ2) is 7.01. The number of nitrogens with one attached hydrogen (secondary N) is 1. The Morgan fingerprint density at radius 2 is 1.91 bits per heavy atom. The Morgan fingerprint density at radius 3 is 2.52 bits per heavy atom. The molecule has 3 nitrogen and oxygen atoms in total. The van der Waals surface area contributed by atoms with Crippen molar-refractivity contribution in [2.75, 3.05) is 0 Å². The average molecular weight is 310 g/mol. The molecule has 0 heterocycles. The van der Waals surface area contributed by atoms with Gasteiger partial charge >= 0.3 is 0 Å². The lowest BCUT2D eigenvalue weighted by atomic mass is 9.97. The average Bonchev–Trinajstić information content (AvgIpc) is 2.52. The fourth-order valence-corrected chi connectivity index (χ4v) is 2.28. The molecule has 2 aromatic rings. The number of primary amides is 1. The van der Waals surface area contributed by atoms with Crippen molar-refractivity contribution >= 4 is 17.2 Å². The highest BCUT2D eigenvalue weighted by Gasteiger charge is 2.10. The van der Waals surface area contributed by atoms with Crippen molar-refractivity contribution in [3.8, 4) is 11.1 Å². The maximum Gasteiger partial charge on any atom is 0.217 e. The summed E-state index contributed by atoms with van der Waals surface area (Å²) in [5.41, 5.74) is 8.84. The number of carbonyl (C=O) groups excluding carboxylic acids is 1. The van der Waals surface area contributed by atoms with Gasteiger partial charge in [0.25, 0.3) is 0 Å². The van der Waals surface area contributed by atoms with E-state index >= 15 is 0 Å². The molecule has 3 N–H and O–H groups in total. The molecule has 0 bridgehead atoms. The van der Waals surface area contributed by atoms with Crippen LogP contribution in [0.1, 0.15) is 30.9 Å². The van der Waals surface area contributed by atoms with E-state index in [0.717, 1.165) is 16.7 Å².